The van der Waals surface area contributed by atoms with E-state index in [1.807, 2.05) is 50.2 Å². The second-order valence-electron chi connectivity index (χ2n) is 6.96. The highest BCUT2D eigenvalue weighted by atomic mass is 16.2. The third kappa shape index (κ3) is 5.58. The van der Waals surface area contributed by atoms with Gasteiger partial charge in [0, 0.05) is 24.0 Å². The van der Waals surface area contributed by atoms with Gasteiger partial charge >= 0.3 is 0 Å². The summed E-state index contributed by atoms with van der Waals surface area (Å²) in [6.07, 6.45) is 1.01. The van der Waals surface area contributed by atoms with Crippen LogP contribution in [-0.4, -0.2) is 17.9 Å². The van der Waals surface area contributed by atoms with Crippen LogP contribution in [-0.2, 0) is 9.59 Å². The van der Waals surface area contributed by atoms with Crippen molar-refractivity contribution in [3.8, 4) is 0 Å². The lowest BCUT2D eigenvalue weighted by atomic mass is 9.97. The molecule has 2 aromatic rings. The summed E-state index contributed by atoms with van der Waals surface area (Å²) >= 11 is 0. The maximum absolute atomic E-state index is 12.6. The Morgan fingerprint density at radius 2 is 1.70 bits per heavy atom. The quantitative estimate of drug-likeness (QED) is 0.651. The molecule has 0 fully saturated rings. The molecule has 144 valence electrons. The molecule has 5 heteroatoms. The number of aryl methyl sites for hydroxylation is 1. The second kappa shape index (κ2) is 9.21. The van der Waals surface area contributed by atoms with E-state index >= 15 is 0 Å². The number of carbonyl (C=O) groups is 2. The fourth-order valence-electron chi connectivity index (χ4n) is 2.90. The predicted molar refractivity (Wildman–Crippen MR) is 112 cm³/mol. The first-order valence-electron chi connectivity index (χ1n) is 9.36. The summed E-state index contributed by atoms with van der Waals surface area (Å²) in [4.78, 5) is 23.9. The van der Waals surface area contributed by atoms with Gasteiger partial charge in [0.25, 0.3) is 0 Å². The highest BCUT2D eigenvalue weighted by Gasteiger charge is 2.16. The Labute approximate surface area is 161 Å². The highest BCUT2D eigenvalue weighted by Crippen LogP contribution is 2.27. The molecule has 0 aliphatic heterocycles. The number of carbonyl (C=O) groups excluding carboxylic acids is 2. The first-order chi connectivity index (χ1) is 12.8. The molecule has 5 nitrogen and oxygen atoms in total. The predicted octanol–water partition coefficient (Wildman–Crippen LogP) is 4.91. The molecule has 0 radical (unpaired) electrons. The van der Waals surface area contributed by atoms with Crippen molar-refractivity contribution in [2.75, 3.05) is 16.0 Å². The lowest BCUT2D eigenvalue weighted by Crippen LogP contribution is -2.32. The molecule has 0 aromatic heterocycles. The Kier molecular flexibility index (Phi) is 6.99. The van der Waals surface area contributed by atoms with Crippen LogP contribution < -0.4 is 16.0 Å². The summed E-state index contributed by atoms with van der Waals surface area (Å²) in [5.41, 5.74) is 4.55. The molecule has 2 rings (SSSR count). The van der Waals surface area contributed by atoms with E-state index in [0.29, 0.717) is 5.92 Å². The maximum atomic E-state index is 12.6. The number of hydrogen-bond acceptors (Lipinski definition) is 3. The number of para-hydroxylation sites is 1. The fraction of sp³-hybridized carbons (Fsp3) is 0.364. The van der Waals surface area contributed by atoms with Crippen LogP contribution in [0.2, 0.25) is 0 Å². The topological polar surface area (TPSA) is 70.2 Å². The average Bonchev–Trinajstić information content (AvgIpc) is 2.63. The third-order valence-electron chi connectivity index (χ3n) is 4.68. The molecule has 0 aliphatic carbocycles. The number of benzene rings is 2. The van der Waals surface area contributed by atoms with E-state index in [1.165, 1.54) is 6.92 Å². The zero-order valence-electron chi connectivity index (χ0n) is 16.7. The first-order valence-corrected chi connectivity index (χ1v) is 9.36. The Hall–Kier alpha value is -2.82. The molecule has 3 N–H and O–H groups in total. The molecule has 27 heavy (non-hydrogen) atoms. The lowest BCUT2D eigenvalue weighted by molar-refractivity contribution is -0.116. The summed E-state index contributed by atoms with van der Waals surface area (Å²) in [7, 11) is 0. The minimum atomic E-state index is -0.402. The number of anilines is 3. The molecule has 2 amide bonds. The molecule has 0 spiro atoms. The lowest BCUT2D eigenvalue weighted by Gasteiger charge is -2.19. The van der Waals surface area contributed by atoms with E-state index in [1.54, 1.807) is 0 Å². The van der Waals surface area contributed by atoms with Gasteiger partial charge in [-0.15, -0.1) is 0 Å². The van der Waals surface area contributed by atoms with Gasteiger partial charge in [-0.1, -0.05) is 32.0 Å². The van der Waals surface area contributed by atoms with E-state index in [-0.39, 0.29) is 11.8 Å². The van der Waals surface area contributed by atoms with E-state index in [4.69, 9.17) is 0 Å². The van der Waals surface area contributed by atoms with Gasteiger partial charge in [-0.2, -0.15) is 0 Å². The van der Waals surface area contributed by atoms with Gasteiger partial charge in [-0.3, -0.25) is 9.59 Å². The molecule has 0 bridgehead atoms. The zero-order chi connectivity index (χ0) is 20.0. The van der Waals surface area contributed by atoms with Gasteiger partial charge in [0.15, 0.2) is 0 Å². The molecule has 0 saturated carbocycles. The first kappa shape index (κ1) is 20.5. The average molecular weight is 367 g/mol. The molecule has 0 unspecified atom stereocenters. The van der Waals surface area contributed by atoms with Gasteiger partial charge in [0.1, 0.15) is 6.04 Å². The Morgan fingerprint density at radius 3 is 2.33 bits per heavy atom. The highest BCUT2D eigenvalue weighted by molar-refractivity contribution is 5.97. The Morgan fingerprint density at radius 1 is 1.00 bits per heavy atom. The van der Waals surface area contributed by atoms with Gasteiger partial charge in [0.05, 0.1) is 0 Å². The summed E-state index contributed by atoms with van der Waals surface area (Å²) in [5.74, 6) is 0.189. The van der Waals surface area contributed by atoms with Crippen LogP contribution in [0.3, 0.4) is 0 Å². The van der Waals surface area contributed by atoms with Gasteiger partial charge in [-0.25, -0.2) is 0 Å². The molecule has 2 atom stereocenters. The van der Waals surface area contributed by atoms with Crippen LogP contribution >= 0.6 is 0 Å². The standard InChI is InChI=1S/C22H29N3O2/c1-6-14(2)19-9-7-8-10-21(19)25-22(27)16(4)23-18-11-12-20(15(3)13-18)24-17(5)26/h7-14,16,23H,6H2,1-5H3,(H,24,26)(H,25,27)/t14-,16-/m1/s1. The van der Waals surface area contributed by atoms with Crippen LogP contribution in [0.1, 0.15) is 51.2 Å². The molecule has 0 aliphatic rings. The van der Waals surface area contributed by atoms with Crippen molar-refractivity contribution in [1.29, 1.82) is 0 Å². The van der Waals surface area contributed by atoms with Gasteiger partial charge in [0.2, 0.25) is 11.8 Å². The monoisotopic (exact) mass is 367 g/mol. The van der Waals surface area contributed by atoms with Crippen molar-refractivity contribution in [2.45, 2.75) is 53.0 Å². The summed E-state index contributed by atoms with van der Waals surface area (Å²) in [5, 5.41) is 9.05. The van der Waals surface area contributed by atoms with Crippen molar-refractivity contribution < 1.29 is 9.59 Å². The van der Waals surface area contributed by atoms with E-state index in [0.717, 1.165) is 34.6 Å². The van der Waals surface area contributed by atoms with Crippen LogP contribution in [0.5, 0.6) is 0 Å². The van der Waals surface area contributed by atoms with Crippen molar-refractivity contribution in [1.82, 2.24) is 0 Å². The van der Waals surface area contributed by atoms with Crippen molar-refractivity contribution in [3.63, 3.8) is 0 Å². The maximum Gasteiger partial charge on any atom is 0.246 e. The minimum absolute atomic E-state index is 0.0886. The van der Waals surface area contributed by atoms with Crippen LogP contribution in [0.15, 0.2) is 42.5 Å². The molecular formula is C22H29N3O2. The molecule has 2 aromatic carbocycles. The normalized spacial score (nSPS) is 12.8. The molecular weight excluding hydrogens is 338 g/mol. The Bertz CT molecular complexity index is 817. The van der Waals surface area contributed by atoms with Gasteiger partial charge in [-0.05, 0) is 61.6 Å². The second-order valence-corrected chi connectivity index (χ2v) is 6.96. The number of rotatable bonds is 7. The van der Waals surface area contributed by atoms with Crippen LogP contribution in [0.25, 0.3) is 0 Å². The van der Waals surface area contributed by atoms with Gasteiger partial charge < -0.3 is 16.0 Å². The molecule has 0 saturated heterocycles. The largest absolute Gasteiger partial charge is 0.374 e. The fourth-order valence-corrected chi connectivity index (χ4v) is 2.90. The van der Waals surface area contributed by atoms with E-state index < -0.39 is 6.04 Å². The van der Waals surface area contributed by atoms with Crippen molar-refractivity contribution >= 4 is 28.9 Å². The number of hydrogen-bond donors (Lipinski definition) is 3. The van der Waals surface area contributed by atoms with Crippen LogP contribution in [0.4, 0.5) is 17.1 Å². The third-order valence-corrected chi connectivity index (χ3v) is 4.68. The minimum Gasteiger partial charge on any atom is -0.374 e. The number of nitrogens with one attached hydrogen (secondary N) is 3. The SMILES string of the molecule is CC[C@@H](C)c1ccccc1NC(=O)[C@@H](C)Nc1ccc(NC(C)=O)c(C)c1. The Balaban J connectivity index is 2.06. The summed E-state index contributed by atoms with van der Waals surface area (Å²) in [6, 6.07) is 13.1. The van der Waals surface area contributed by atoms with Crippen molar-refractivity contribution in [2.24, 2.45) is 0 Å². The zero-order valence-corrected chi connectivity index (χ0v) is 16.7. The van der Waals surface area contributed by atoms with Crippen LogP contribution in [0, 0.1) is 6.92 Å². The number of amides is 2. The summed E-state index contributed by atoms with van der Waals surface area (Å²) < 4.78 is 0. The van der Waals surface area contributed by atoms with Crippen molar-refractivity contribution in [3.05, 3.63) is 53.6 Å². The smallest absolute Gasteiger partial charge is 0.246 e. The van der Waals surface area contributed by atoms with E-state index in [9.17, 15) is 9.59 Å². The van der Waals surface area contributed by atoms with E-state index in [2.05, 4.69) is 35.9 Å². The molecule has 0 heterocycles. The summed E-state index contributed by atoms with van der Waals surface area (Å²) in [6.45, 7) is 9.53.